The Morgan fingerprint density at radius 1 is 1.54 bits per heavy atom. The third-order valence-corrected chi connectivity index (χ3v) is 2.96. The number of aryl methyl sites for hydroxylation is 1. The highest BCUT2D eigenvalue weighted by molar-refractivity contribution is 7.10. The molecule has 0 bridgehead atoms. The topological polar surface area (TPSA) is 38.9 Å². The highest BCUT2D eigenvalue weighted by Gasteiger charge is 2.14. The lowest BCUT2D eigenvalue weighted by molar-refractivity contribution is 0.386. The van der Waals surface area contributed by atoms with Crippen LogP contribution in [0, 0.1) is 6.92 Å². The van der Waals surface area contributed by atoms with Gasteiger partial charge in [-0.1, -0.05) is 18.1 Å². The summed E-state index contributed by atoms with van der Waals surface area (Å²) in [5, 5.41) is 5.95. The van der Waals surface area contributed by atoms with Gasteiger partial charge < -0.3 is 4.52 Å². The number of aromatic nitrogens is 2. The molecule has 2 aromatic rings. The fourth-order valence-corrected chi connectivity index (χ4v) is 1.94. The second kappa shape index (κ2) is 3.30. The first-order valence-electron chi connectivity index (χ1n) is 4.11. The van der Waals surface area contributed by atoms with Gasteiger partial charge in [-0.2, -0.15) is 4.98 Å². The normalized spacial score (nSPS) is 13.1. The second-order valence-corrected chi connectivity index (χ2v) is 3.89. The third kappa shape index (κ3) is 1.62. The molecule has 13 heavy (non-hydrogen) atoms. The summed E-state index contributed by atoms with van der Waals surface area (Å²) in [5.41, 5.74) is 0. The predicted octanol–water partition coefficient (Wildman–Crippen LogP) is 2.59. The molecule has 1 unspecified atom stereocenters. The molecule has 0 N–H and O–H groups in total. The van der Waals surface area contributed by atoms with Crippen molar-refractivity contribution in [1.82, 2.24) is 10.1 Å². The van der Waals surface area contributed by atoms with Crippen molar-refractivity contribution < 1.29 is 4.52 Å². The van der Waals surface area contributed by atoms with Crippen LogP contribution in [0.15, 0.2) is 22.0 Å². The fraction of sp³-hybridized carbons (Fsp3) is 0.333. The molecule has 0 amide bonds. The summed E-state index contributed by atoms with van der Waals surface area (Å²) in [5.74, 6) is 1.62. The van der Waals surface area contributed by atoms with E-state index in [9.17, 15) is 0 Å². The summed E-state index contributed by atoms with van der Waals surface area (Å²) in [6.45, 7) is 3.88. The van der Waals surface area contributed by atoms with Crippen LogP contribution >= 0.6 is 11.3 Å². The van der Waals surface area contributed by atoms with E-state index in [1.807, 2.05) is 6.07 Å². The average molecular weight is 194 g/mol. The van der Waals surface area contributed by atoms with Crippen LogP contribution < -0.4 is 0 Å². The van der Waals surface area contributed by atoms with Crippen LogP contribution in [0.5, 0.6) is 0 Å². The van der Waals surface area contributed by atoms with Gasteiger partial charge in [0.2, 0.25) is 5.89 Å². The zero-order valence-electron chi connectivity index (χ0n) is 7.52. The van der Waals surface area contributed by atoms with E-state index < -0.39 is 0 Å². The van der Waals surface area contributed by atoms with Crippen molar-refractivity contribution in [3.05, 3.63) is 34.1 Å². The molecule has 0 saturated heterocycles. The molecule has 2 aromatic heterocycles. The molecular formula is C9H10N2OS. The summed E-state index contributed by atoms with van der Waals surface area (Å²) < 4.78 is 4.93. The molecule has 3 nitrogen and oxygen atoms in total. The standard InChI is InChI=1S/C9H10N2OS/c1-6(8-4-3-5-13-8)9-10-7(2)12-11-9/h3-6H,1-2H3. The quantitative estimate of drug-likeness (QED) is 0.737. The SMILES string of the molecule is Cc1nc(C(C)c2cccs2)no1. The highest BCUT2D eigenvalue weighted by Crippen LogP contribution is 2.25. The summed E-state index contributed by atoms with van der Waals surface area (Å²) in [7, 11) is 0. The zero-order valence-corrected chi connectivity index (χ0v) is 8.34. The monoisotopic (exact) mass is 194 g/mol. The summed E-state index contributed by atoms with van der Waals surface area (Å²) in [6, 6.07) is 4.12. The average Bonchev–Trinajstić information content (AvgIpc) is 2.72. The molecule has 0 aliphatic heterocycles. The van der Waals surface area contributed by atoms with Crippen LogP contribution in [0.3, 0.4) is 0 Å². The smallest absolute Gasteiger partial charge is 0.223 e. The van der Waals surface area contributed by atoms with Gasteiger partial charge in [0.15, 0.2) is 5.82 Å². The van der Waals surface area contributed by atoms with Crippen LogP contribution in [-0.4, -0.2) is 10.1 Å². The fourth-order valence-electron chi connectivity index (χ4n) is 1.16. The minimum atomic E-state index is 0.234. The minimum absolute atomic E-state index is 0.234. The molecule has 0 aliphatic rings. The zero-order chi connectivity index (χ0) is 9.26. The van der Waals surface area contributed by atoms with Gasteiger partial charge in [0.1, 0.15) is 0 Å². The van der Waals surface area contributed by atoms with Gasteiger partial charge in [-0.05, 0) is 11.4 Å². The third-order valence-electron chi connectivity index (χ3n) is 1.90. The Kier molecular flexibility index (Phi) is 2.14. The van der Waals surface area contributed by atoms with Gasteiger partial charge in [0.25, 0.3) is 0 Å². The van der Waals surface area contributed by atoms with Crippen LogP contribution in [0.1, 0.15) is 29.4 Å². The Labute approximate surface area is 80.4 Å². The molecule has 0 spiro atoms. The van der Waals surface area contributed by atoms with E-state index in [0.717, 1.165) is 5.82 Å². The first-order chi connectivity index (χ1) is 6.27. The molecule has 2 heterocycles. The van der Waals surface area contributed by atoms with Crippen molar-refractivity contribution in [1.29, 1.82) is 0 Å². The van der Waals surface area contributed by atoms with Gasteiger partial charge in [0.05, 0.1) is 5.92 Å². The van der Waals surface area contributed by atoms with E-state index in [0.29, 0.717) is 5.89 Å². The van der Waals surface area contributed by atoms with Gasteiger partial charge in [0, 0.05) is 11.8 Å². The molecule has 0 aliphatic carbocycles. The van der Waals surface area contributed by atoms with Crippen molar-refractivity contribution in [3.8, 4) is 0 Å². The predicted molar refractivity (Wildman–Crippen MR) is 50.9 cm³/mol. The molecule has 0 saturated carbocycles. The van der Waals surface area contributed by atoms with E-state index in [-0.39, 0.29) is 5.92 Å². The Hall–Kier alpha value is -1.16. The van der Waals surface area contributed by atoms with E-state index in [2.05, 4.69) is 28.5 Å². The maximum atomic E-state index is 4.93. The maximum Gasteiger partial charge on any atom is 0.223 e. The number of hydrogen-bond acceptors (Lipinski definition) is 4. The highest BCUT2D eigenvalue weighted by atomic mass is 32.1. The van der Waals surface area contributed by atoms with Gasteiger partial charge in [-0.25, -0.2) is 0 Å². The van der Waals surface area contributed by atoms with Crippen molar-refractivity contribution in [2.45, 2.75) is 19.8 Å². The molecule has 2 rings (SSSR count). The Bertz CT molecular complexity index is 380. The van der Waals surface area contributed by atoms with Gasteiger partial charge in [-0.3, -0.25) is 0 Å². The van der Waals surface area contributed by atoms with E-state index in [1.165, 1.54) is 4.88 Å². The largest absolute Gasteiger partial charge is 0.340 e. The molecule has 4 heteroatoms. The molecule has 68 valence electrons. The van der Waals surface area contributed by atoms with E-state index >= 15 is 0 Å². The van der Waals surface area contributed by atoms with Gasteiger partial charge >= 0.3 is 0 Å². The van der Waals surface area contributed by atoms with Crippen LogP contribution in [0.2, 0.25) is 0 Å². The molecule has 0 aromatic carbocycles. The molecular weight excluding hydrogens is 184 g/mol. The number of rotatable bonds is 2. The lowest BCUT2D eigenvalue weighted by Gasteiger charge is -2.01. The first-order valence-corrected chi connectivity index (χ1v) is 4.99. The van der Waals surface area contributed by atoms with E-state index in [4.69, 9.17) is 4.52 Å². The Morgan fingerprint density at radius 2 is 2.38 bits per heavy atom. The van der Waals surface area contributed by atoms with Gasteiger partial charge in [-0.15, -0.1) is 11.3 Å². The van der Waals surface area contributed by atoms with Crippen molar-refractivity contribution in [2.24, 2.45) is 0 Å². The lowest BCUT2D eigenvalue weighted by atomic mass is 10.1. The Balaban J connectivity index is 2.28. The minimum Gasteiger partial charge on any atom is -0.340 e. The lowest BCUT2D eigenvalue weighted by Crippen LogP contribution is -1.95. The second-order valence-electron chi connectivity index (χ2n) is 2.91. The summed E-state index contributed by atoms with van der Waals surface area (Å²) >= 11 is 1.71. The first kappa shape index (κ1) is 8.44. The number of nitrogens with zero attached hydrogens (tertiary/aromatic N) is 2. The number of thiophene rings is 1. The molecule has 0 fully saturated rings. The van der Waals surface area contributed by atoms with Crippen LogP contribution in [0.25, 0.3) is 0 Å². The Morgan fingerprint density at radius 3 is 2.92 bits per heavy atom. The van der Waals surface area contributed by atoms with E-state index in [1.54, 1.807) is 18.3 Å². The van der Waals surface area contributed by atoms with Crippen LogP contribution in [-0.2, 0) is 0 Å². The maximum absolute atomic E-state index is 4.93. The van der Waals surface area contributed by atoms with Crippen molar-refractivity contribution in [2.75, 3.05) is 0 Å². The van der Waals surface area contributed by atoms with Crippen molar-refractivity contribution in [3.63, 3.8) is 0 Å². The molecule has 1 atom stereocenters. The number of hydrogen-bond donors (Lipinski definition) is 0. The van der Waals surface area contributed by atoms with Crippen molar-refractivity contribution >= 4 is 11.3 Å². The van der Waals surface area contributed by atoms with Crippen LogP contribution in [0.4, 0.5) is 0 Å². The molecule has 0 radical (unpaired) electrons. The summed E-state index contributed by atoms with van der Waals surface area (Å²) in [6.07, 6.45) is 0. The summed E-state index contributed by atoms with van der Waals surface area (Å²) in [4.78, 5) is 5.46.